The molecule has 1 heterocycles. The van der Waals surface area contributed by atoms with Crippen molar-refractivity contribution in [1.29, 1.82) is 0 Å². The molecule has 88 valence electrons. The van der Waals surface area contributed by atoms with E-state index in [0.29, 0.717) is 0 Å². The standard InChI is InChI=1S/C11H21NO2S/c1-9-4-5-12(8-9)6-7-15-10(2)11(13)14-3/h9-10H,4-8H2,1-3H3. The third-order valence-electron chi connectivity index (χ3n) is 2.82. The largest absolute Gasteiger partial charge is 0.468 e. The number of carbonyl (C=O) groups excluding carboxylic acids is 1. The molecule has 1 aliphatic heterocycles. The molecule has 1 fully saturated rings. The van der Waals surface area contributed by atoms with Gasteiger partial charge in [0.15, 0.2) is 0 Å². The average molecular weight is 231 g/mol. The van der Waals surface area contributed by atoms with Gasteiger partial charge in [-0.2, -0.15) is 0 Å². The predicted octanol–water partition coefficient (Wildman–Crippen LogP) is 1.62. The van der Waals surface area contributed by atoms with Gasteiger partial charge in [0, 0.05) is 18.8 Å². The number of rotatable bonds is 5. The molecule has 0 saturated carbocycles. The zero-order chi connectivity index (χ0) is 11.3. The molecule has 0 radical (unpaired) electrons. The van der Waals surface area contributed by atoms with Gasteiger partial charge in [0.1, 0.15) is 0 Å². The first-order valence-corrected chi connectivity index (χ1v) is 6.60. The van der Waals surface area contributed by atoms with Gasteiger partial charge < -0.3 is 9.64 Å². The predicted molar refractivity (Wildman–Crippen MR) is 64.2 cm³/mol. The van der Waals surface area contributed by atoms with E-state index < -0.39 is 0 Å². The molecule has 0 aromatic carbocycles. The monoisotopic (exact) mass is 231 g/mol. The minimum atomic E-state index is -0.116. The van der Waals surface area contributed by atoms with E-state index in [4.69, 9.17) is 0 Å². The maximum atomic E-state index is 11.1. The molecule has 3 nitrogen and oxygen atoms in total. The summed E-state index contributed by atoms with van der Waals surface area (Å²) in [5, 5.41) is -0.0324. The van der Waals surface area contributed by atoms with Crippen molar-refractivity contribution in [2.45, 2.75) is 25.5 Å². The van der Waals surface area contributed by atoms with Crippen molar-refractivity contribution < 1.29 is 9.53 Å². The van der Waals surface area contributed by atoms with E-state index in [1.54, 1.807) is 11.8 Å². The minimum Gasteiger partial charge on any atom is -0.468 e. The molecule has 2 atom stereocenters. The summed E-state index contributed by atoms with van der Waals surface area (Å²) in [6, 6.07) is 0. The maximum Gasteiger partial charge on any atom is 0.318 e. The van der Waals surface area contributed by atoms with Crippen molar-refractivity contribution in [3.8, 4) is 0 Å². The van der Waals surface area contributed by atoms with Crippen LogP contribution in [0.4, 0.5) is 0 Å². The number of ether oxygens (including phenoxy) is 1. The molecule has 0 aromatic heterocycles. The van der Waals surface area contributed by atoms with Crippen LogP contribution in [-0.2, 0) is 9.53 Å². The highest BCUT2D eigenvalue weighted by atomic mass is 32.2. The summed E-state index contributed by atoms with van der Waals surface area (Å²) in [5.41, 5.74) is 0. The van der Waals surface area contributed by atoms with Crippen molar-refractivity contribution in [2.24, 2.45) is 5.92 Å². The normalized spacial score (nSPS) is 24.1. The lowest BCUT2D eigenvalue weighted by Crippen LogP contribution is -2.24. The van der Waals surface area contributed by atoms with Crippen LogP contribution in [-0.4, -0.2) is 48.6 Å². The topological polar surface area (TPSA) is 29.5 Å². The zero-order valence-corrected chi connectivity index (χ0v) is 10.7. The van der Waals surface area contributed by atoms with Gasteiger partial charge in [-0.1, -0.05) is 6.92 Å². The van der Waals surface area contributed by atoms with E-state index in [2.05, 4.69) is 16.6 Å². The number of thioether (sulfide) groups is 1. The molecule has 0 aromatic rings. The summed E-state index contributed by atoms with van der Waals surface area (Å²) in [4.78, 5) is 13.6. The second-order valence-electron chi connectivity index (χ2n) is 4.23. The zero-order valence-electron chi connectivity index (χ0n) is 9.86. The summed E-state index contributed by atoms with van der Waals surface area (Å²) in [5.74, 6) is 1.74. The number of hydrogen-bond donors (Lipinski definition) is 0. The third-order valence-corrected chi connectivity index (χ3v) is 3.93. The summed E-state index contributed by atoms with van der Waals surface area (Å²) >= 11 is 1.68. The van der Waals surface area contributed by atoms with Crippen LogP contribution in [0.5, 0.6) is 0 Å². The summed E-state index contributed by atoms with van der Waals surface area (Å²) in [7, 11) is 1.45. The second kappa shape index (κ2) is 6.38. The minimum absolute atomic E-state index is 0.0324. The molecule has 1 rings (SSSR count). The van der Waals surface area contributed by atoms with Gasteiger partial charge in [0.05, 0.1) is 12.4 Å². The number of hydrogen-bond acceptors (Lipinski definition) is 4. The highest BCUT2D eigenvalue weighted by Crippen LogP contribution is 2.17. The Morgan fingerprint density at radius 2 is 2.40 bits per heavy atom. The Morgan fingerprint density at radius 1 is 1.67 bits per heavy atom. The van der Waals surface area contributed by atoms with Gasteiger partial charge >= 0.3 is 5.97 Å². The second-order valence-corrected chi connectivity index (χ2v) is 5.68. The van der Waals surface area contributed by atoms with Gasteiger partial charge in [-0.05, 0) is 25.8 Å². The van der Waals surface area contributed by atoms with E-state index >= 15 is 0 Å². The van der Waals surface area contributed by atoms with Gasteiger partial charge in [0.2, 0.25) is 0 Å². The molecule has 15 heavy (non-hydrogen) atoms. The van der Waals surface area contributed by atoms with E-state index in [9.17, 15) is 4.79 Å². The quantitative estimate of drug-likeness (QED) is 0.673. The first-order valence-electron chi connectivity index (χ1n) is 5.55. The number of methoxy groups -OCH3 is 1. The molecular formula is C11H21NO2S. The Balaban J connectivity index is 2.08. The van der Waals surface area contributed by atoms with Crippen LogP contribution in [0.25, 0.3) is 0 Å². The average Bonchev–Trinajstić information content (AvgIpc) is 2.63. The molecule has 1 saturated heterocycles. The van der Waals surface area contributed by atoms with Gasteiger partial charge in [-0.3, -0.25) is 4.79 Å². The molecule has 1 aliphatic rings. The lowest BCUT2D eigenvalue weighted by Gasteiger charge is -2.16. The summed E-state index contributed by atoms with van der Waals surface area (Å²) in [6.07, 6.45) is 1.32. The molecule has 4 heteroatoms. The SMILES string of the molecule is COC(=O)C(C)SCCN1CCC(C)C1. The van der Waals surface area contributed by atoms with Crippen molar-refractivity contribution in [2.75, 3.05) is 32.5 Å². The summed E-state index contributed by atoms with van der Waals surface area (Å²) < 4.78 is 4.68. The van der Waals surface area contributed by atoms with Gasteiger partial charge in [-0.15, -0.1) is 11.8 Å². The lowest BCUT2D eigenvalue weighted by atomic mass is 10.2. The van der Waals surface area contributed by atoms with Crippen LogP contribution in [0.15, 0.2) is 0 Å². The fourth-order valence-corrected chi connectivity index (χ4v) is 2.77. The van der Waals surface area contributed by atoms with Crippen LogP contribution in [0.1, 0.15) is 20.3 Å². The lowest BCUT2D eigenvalue weighted by molar-refractivity contribution is -0.139. The Morgan fingerprint density at radius 3 is 2.93 bits per heavy atom. The first kappa shape index (κ1) is 12.8. The number of nitrogens with zero attached hydrogens (tertiary/aromatic N) is 1. The van der Waals surface area contributed by atoms with Gasteiger partial charge in [-0.25, -0.2) is 0 Å². The number of likely N-dealkylation sites (tertiary alicyclic amines) is 1. The van der Waals surface area contributed by atoms with Crippen molar-refractivity contribution >= 4 is 17.7 Å². The Kier molecular flexibility index (Phi) is 5.47. The highest BCUT2D eigenvalue weighted by Gasteiger charge is 2.19. The van der Waals surface area contributed by atoms with Crippen molar-refractivity contribution in [1.82, 2.24) is 4.90 Å². The Hall–Kier alpha value is -0.220. The van der Waals surface area contributed by atoms with Crippen molar-refractivity contribution in [3.05, 3.63) is 0 Å². The number of carbonyl (C=O) groups is 1. The van der Waals surface area contributed by atoms with E-state index in [1.807, 2.05) is 6.92 Å². The van der Waals surface area contributed by atoms with E-state index in [-0.39, 0.29) is 11.2 Å². The molecule has 2 unspecified atom stereocenters. The fraction of sp³-hybridized carbons (Fsp3) is 0.909. The van der Waals surface area contributed by atoms with Crippen LogP contribution in [0.2, 0.25) is 0 Å². The van der Waals surface area contributed by atoms with Crippen LogP contribution in [0.3, 0.4) is 0 Å². The Labute approximate surface area is 96.5 Å². The molecule has 0 aliphatic carbocycles. The van der Waals surface area contributed by atoms with Crippen LogP contribution in [0, 0.1) is 5.92 Å². The van der Waals surface area contributed by atoms with Crippen LogP contribution < -0.4 is 0 Å². The first-order chi connectivity index (χ1) is 7.13. The third kappa shape index (κ3) is 4.43. The molecular weight excluding hydrogens is 210 g/mol. The van der Waals surface area contributed by atoms with Crippen LogP contribution >= 0.6 is 11.8 Å². The van der Waals surface area contributed by atoms with Gasteiger partial charge in [0.25, 0.3) is 0 Å². The molecule has 0 spiro atoms. The van der Waals surface area contributed by atoms with Crippen molar-refractivity contribution in [3.63, 3.8) is 0 Å². The van der Waals surface area contributed by atoms with E-state index in [0.717, 1.165) is 18.2 Å². The maximum absolute atomic E-state index is 11.1. The molecule has 0 amide bonds. The summed E-state index contributed by atoms with van der Waals surface area (Å²) in [6.45, 7) is 7.73. The van der Waals surface area contributed by atoms with E-state index in [1.165, 1.54) is 26.6 Å². The smallest absolute Gasteiger partial charge is 0.318 e. The molecule has 0 N–H and O–H groups in total. The fourth-order valence-electron chi connectivity index (χ4n) is 1.82. The molecule has 0 bridgehead atoms. The Bertz CT molecular complexity index is 211. The number of esters is 1. The highest BCUT2D eigenvalue weighted by molar-refractivity contribution is 8.00.